The summed E-state index contributed by atoms with van der Waals surface area (Å²) in [5, 5.41) is 0.498. The van der Waals surface area contributed by atoms with Crippen molar-refractivity contribution in [3.05, 3.63) is 47.5 Å². The smallest absolute Gasteiger partial charge is 0.161 e. The quantitative estimate of drug-likeness (QED) is 0.635. The number of hydrogen-bond acceptors (Lipinski definition) is 5. The molecule has 0 aliphatic carbocycles. The first-order chi connectivity index (χ1) is 11.6. The monoisotopic (exact) mass is 346 g/mol. The Balaban J connectivity index is 2.10. The van der Waals surface area contributed by atoms with Crippen molar-refractivity contribution < 1.29 is 14.2 Å². The lowest BCUT2D eigenvalue weighted by atomic mass is 10.1. The fourth-order valence-corrected chi connectivity index (χ4v) is 2.95. The molecule has 2 rings (SSSR count). The Bertz CT molecular complexity index is 732. The van der Waals surface area contributed by atoms with E-state index in [4.69, 9.17) is 19.9 Å². The largest absolute Gasteiger partial charge is 0.497 e. The molecule has 128 valence electrons. The van der Waals surface area contributed by atoms with Gasteiger partial charge < -0.3 is 19.9 Å². The topological polar surface area (TPSA) is 66.1 Å². The summed E-state index contributed by atoms with van der Waals surface area (Å²) in [5.41, 5.74) is 9.05. The van der Waals surface area contributed by atoms with Crippen LogP contribution in [0.4, 0.5) is 5.69 Å². The summed E-state index contributed by atoms with van der Waals surface area (Å²) >= 11 is 1.48. The number of aryl methyl sites for hydroxylation is 1. The van der Waals surface area contributed by atoms with Crippen LogP contribution in [0.3, 0.4) is 0 Å². The van der Waals surface area contributed by atoms with Crippen molar-refractivity contribution in [3.63, 3.8) is 0 Å². The van der Waals surface area contributed by atoms with Crippen molar-refractivity contribution in [1.82, 2.24) is 0 Å². The molecule has 0 aliphatic heterocycles. The Labute approximate surface area is 146 Å². The molecule has 0 unspecified atom stereocenters. The number of nitrogens with zero attached hydrogens (tertiary/aromatic N) is 1. The van der Waals surface area contributed by atoms with Crippen LogP contribution >= 0.6 is 11.8 Å². The summed E-state index contributed by atoms with van der Waals surface area (Å²) in [6, 6.07) is 11.4. The number of thioether (sulfide) groups is 1. The number of benzene rings is 2. The molecule has 24 heavy (non-hydrogen) atoms. The number of amidine groups is 1. The van der Waals surface area contributed by atoms with Crippen molar-refractivity contribution in [2.45, 2.75) is 12.7 Å². The molecule has 0 saturated heterocycles. The van der Waals surface area contributed by atoms with Gasteiger partial charge in [0.15, 0.2) is 16.7 Å². The van der Waals surface area contributed by atoms with Gasteiger partial charge in [0, 0.05) is 11.8 Å². The average Bonchev–Trinajstić information content (AvgIpc) is 2.60. The van der Waals surface area contributed by atoms with Crippen LogP contribution in [0, 0.1) is 6.92 Å². The van der Waals surface area contributed by atoms with Gasteiger partial charge in [-0.25, -0.2) is 4.99 Å². The fraction of sp³-hybridized carbons (Fsp3) is 0.278. The highest BCUT2D eigenvalue weighted by molar-refractivity contribution is 8.13. The van der Waals surface area contributed by atoms with E-state index in [-0.39, 0.29) is 0 Å². The molecular formula is C18H22N2O3S. The van der Waals surface area contributed by atoms with Gasteiger partial charge in [-0.3, -0.25) is 0 Å². The molecule has 0 atom stereocenters. The Morgan fingerprint density at radius 2 is 1.75 bits per heavy atom. The molecular weight excluding hydrogens is 324 g/mol. The van der Waals surface area contributed by atoms with Gasteiger partial charge in [0.1, 0.15) is 5.75 Å². The number of methoxy groups -OCH3 is 3. The average molecular weight is 346 g/mol. The number of rotatable bonds is 6. The summed E-state index contributed by atoms with van der Waals surface area (Å²) in [5.74, 6) is 2.89. The summed E-state index contributed by atoms with van der Waals surface area (Å²) < 4.78 is 15.8. The maximum Gasteiger partial charge on any atom is 0.161 e. The molecule has 0 fully saturated rings. The van der Waals surface area contributed by atoms with E-state index in [0.29, 0.717) is 16.7 Å². The molecule has 0 aliphatic rings. The van der Waals surface area contributed by atoms with Gasteiger partial charge in [0.05, 0.1) is 27.0 Å². The summed E-state index contributed by atoms with van der Waals surface area (Å²) in [7, 11) is 4.88. The van der Waals surface area contributed by atoms with Crippen LogP contribution in [0.5, 0.6) is 17.2 Å². The third kappa shape index (κ3) is 4.58. The second kappa shape index (κ2) is 8.49. The lowest BCUT2D eigenvalue weighted by Gasteiger charge is -2.12. The molecule has 5 nitrogen and oxygen atoms in total. The molecule has 2 N–H and O–H groups in total. The molecule has 6 heteroatoms. The first-order valence-electron chi connectivity index (χ1n) is 7.40. The lowest BCUT2D eigenvalue weighted by Crippen LogP contribution is -2.06. The van der Waals surface area contributed by atoms with Gasteiger partial charge in [-0.05, 0) is 42.3 Å². The maximum absolute atomic E-state index is 6.04. The highest BCUT2D eigenvalue weighted by Gasteiger charge is 2.09. The van der Waals surface area contributed by atoms with Crippen LogP contribution in [0.25, 0.3) is 0 Å². The van der Waals surface area contributed by atoms with Gasteiger partial charge in [-0.1, -0.05) is 17.8 Å². The second-order valence-corrected chi connectivity index (χ2v) is 6.07. The first-order valence-corrected chi connectivity index (χ1v) is 8.38. The zero-order valence-electron chi connectivity index (χ0n) is 14.3. The highest BCUT2D eigenvalue weighted by atomic mass is 32.2. The maximum atomic E-state index is 6.04. The van der Waals surface area contributed by atoms with Gasteiger partial charge in [-0.2, -0.15) is 0 Å². The van der Waals surface area contributed by atoms with Crippen molar-refractivity contribution in [3.8, 4) is 17.2 Å². The van der Waals surface area contributed by atoms with E-state index in [9.17, 15) is 0 Å². The van der Waals surface area contributed by atoms with Crippen LogP contribution < -0.4 is 19.9 Å². The van der Waals surface area contributed by atoms with Crippen LogP contribution in [-0.2, 0) is 5.75 Å². The Morgan fingerprint density at radius 3 is 2.42 bits per heavy atom. The molecule has 0 bridgehead atoms. The van der Waals surface area contributed by atoms with Crippen LogP contribution in [-0.4, -0.2) is 26.5 Å². The van der Waals surface area contributed by atoms with E-state index in [1.165, 1.54) is 11.8 Å². The van der Waals surface area contributed by atoms with E-state index in [2.05, 4.69) is 4.99 Å². The second-order valence-electron chi connectivity index (χ2n) is 5.07. The predicted molar refractivity (Wildman–Crippen MR) is 99.9 cm³/mol. The minimum Gasteiger partial charge on any atom is -0.497 e. The first kappa shape index (κ1) is 18.0. The fourth-order valence-electron chi connectivity index (χ4n) is 2.17. The van der Waals surface area contributed by atoms with E-state index < -0.39 is 0 Å². The number of nitrogens with two attached hydrogens (primary N) is 1. The van der Waals surface area contributed by atoms with Gasteiger partial charge in [-0.15, -0.1) is 0 Å². The third-order valence-electron chi connectivity index (χ3n) is 3.51. The molecule has 0 saturated carbocycles. The highest BCUT2D eigenvalue weighted by Crippen LogP contribution is 2.32. The summed E-state index contributed by atoms with van der Waals surface area (Å²) in [6.07, 6.45) is 0. The van der Waals surface area contributed by atoms with Crippen LogP contribution in [0.1, 0.15) is 11.1 Å². The van der Waals surface area contributed by atoms with E-state index >= 15 is 0 Å². The predicted octanol–water partition coefficient (Wildman–Crippen LogP) is 3.90. The summed E-state index contributed by atoms with van der Waals surface area (Å²) in [4.78, 5) is 4.41. The summed E-state index contributed by atoms with van der Waals surface area (Å²) in [6.45, 7) is 2.03. The van der Waals surface area contributed by atoms with Gasteiger partial charge in [0.2, 0.25) is 0 Å². The van der Waals surface area contributed by atoms with Crippen LogP contribution in [0.15, 0.2) is 41.4 Å². The minimum absolute atomic E-state index is 0.498. The molecule has 0 aromatic heterocycles. The standard InChI is InChI=1S/C18H22N2O3S/c1-12-8-16(22-3)17(23-4)9-13(12)11-24-18(19)20-14-6-5-7-15(10-14)21-2/h5-10H,11H2,1-4H3,(H2,19,20). The van der Waals surface area contributed by atoms with Crippen molar-refractivity contribution >= 4 is 22.6 Å². The van der Waals surface area contributed by atoms with E-state index in [1.807, 2.05) is 43.3 Å². The zero-order chi connectivity index (χ0) is 17.5. The zero-order valence-corrected chi connectivity index (χ0v) is 15.1. The minimum atomic E-state index is 0.498. The van der Waals surface area contributed by atoms with E-state index in [1.54, 1.807) is 21.3 Å². The Kier molecular flexibility index (Phi) is 6.37. The number of aliphatic imine (C=N–C) groups is 1. The normalized spacial score (nSPS) is 11.2. The van der Waals surface area contributed by atoms with Crippen molar-refractivity contribution in [2.24, 2.45) is 10.7 Å². The molecule has 0 amide bonds. The molecule has 2 aromatic carbocycles. The Morgan fingerprint density at radius 1 is 1.04 bits per heavy atom. The van der Waals surface area contributed by atoms with Crippen molar-refractivity contribution in [2.75, 3.05) is 21.3 Å². The molecule has 0 radical (unpaired) electrons. The van der Waals surface area contributed by atoms with Gasteiger partial charge in [0.25, 0.3) is 0 Å². The van der Waals surface area contributed by atoms with Gasteiger partial charge >= 0.3 is 0 Å². The third-order valence-corrected chi connectivity index (χ3v) is 4.35. The lowest BCUT2D eigenvalue weighted by molar-refractivity contribution is 0.354. The Hall–Kier alpha value is -2.34. The molecule has 0 heterocycles. The van der Waals surface area contributed by atoms with Crippen molar-refractivity contribution in [1.29, 1.82) is 0 Å². The number of ether oxygens (including phenoxy) is 3. The van der Waals surface area contributed by atoms with E-state index in [0.717, 1.165) is 28.3 Å². The molecule has 2 aromatic rings. The number of hydrogen-bond donors (Lipinski definition) is 1. The molecule has 0 spiro atoms. The SMILES string of the molecule is COc1cccc(N=C(N)SCc2cc(OC)c(OC)cc2C)c1. The van der Waals surface area contributed by atoms with Crippen LogP contribution in [0.2, 0.25) is 0 Å².